The number of ether oxygens (including phenoxy) is 2. The minimum atomic E-state index is -0.741. The van der Waals surface area contributed by atoms with Crippen molar-refractivity contribution in [3.8, 4) is 5.75 Å². The van der Waals surface area contributed by atoms with Crippen LogP contribution in [-0.4, -0.2) is 30.1 Å². The molecule has 1 aliphatic rings. The molecular weight excluding hydrogens is 316 g/mol. The van der Waals surface area contributed by atoms with E-state index in [9.17, 15) is 9.59 Å². The first-order valence-corrected chi connectivity index (χ1v) is 7.87. The number of thiocarbonyl (C=S) groups is 1. The molecule has 0 unspecified atom stereocenters. The van der Waals surface area contributed by atoms with Gasteiger partial charge in [0.1, 0.15) is 18.4 Å². The van der Waals surface area contributed by atoms with E-state index >= 15 is 0 Å². The molecule has 1 aromatic rings. The fourth-order valence-corrected chi connectivity index (χ4v) is 2.78. The summed E-state index contributed by atoms with van der Waals surface area (Å²) in [5, 5.41) is 5.15. The molecule has 0 bridgehead atoms. The second-order valence-corrected chi connectivity index (χ2v) is 5.73. The van der Waals surface area contributed by atoms with Gasteiger partial charge in [0.05, 0.1) is 12.1 Å². The normalized spacial score (nSPS) is 20.4. The number of methoxy groups -OCH3 is 1. The van der Waals surface area contributed by atoms with E-state index in [0.717, 1.165) is 17.7 Å². The summed E-state index contributed by atoms with van der Waals surface area (Å²) in [5.74, 6) is 0.0200. The van der Waals surface area contributed by atoms with Gasteiger partial charge in [-0.05, 0) is 24.1 Å². The number of carbonyl (C=O) groups is 2. The maximum absolute atomic E-state index is 12.3. The number of rotatable bonds is 6. The Morgan fingerprint density at radius 1 is 1.30 bits per heavy atom. The molecular formula is C16H20N2O4S. The zero-order chi connectivity index (χ0) is 16.8. The SMILES string of the molecule is CCC[C@H]1C(=S)NC(=O)N[C@@H]1C(=O)OCc1ccc(OC)cc1. The van der Waals surface area contributed by atoms with Crippen LogP contribution in [0.1, 0.15) is 25.3 Å². The third kappa shape index (κ3) is 4.41. The zero-order valence-electron chi connectivity index (χ0n) is 13.1. The van der Waals surface area contributed by atoms with E-state index in [1.165, 1.54) is 0 Å². The van der Waals surface area contributed by atoms with Gasteiger partial charge >= 0.3 is 12.0 Å². The van der Waals surface area contributed by atoms with Crippen LogP contribution in [0.15, 0.2) is 24.3 Å². The van der Waals surface area contributed by atoms with Crippen molar-refractivity contribution in [2.45, 2.75) is 32.4 Å². The zero-order valence-corrected chi connectivity index (χ0v) is 13.9. The van der Waals surface area contributed by atoms with Crippen molar-refractivity contribution in [2.24, 2.45) is 5.92 Å². The molecule has 0 spiro atoms. The molecule has 0 radical (unpaired) electrons. The second-order valence-electron chi connectivity index (χ2n) is 5.29. The monoisotopic (exact) mass is 336 g/mol. The molecule has 6 nitrogen and oxygen atoms in total. The summed E-state index contributed by atoms with van der Waals surface area (Å²) in [7, 11) is 1.59. The number of amides is 2. The highest BCUT2D eigenvalue weighted by atomic mass is 32.1. The fraction of sp³-hybridized carbons (Fsp3) is 0.438. The number of hydrogen-bond donors (Lipinski definition) is 2. The van der Waals surface area contributed by atoms with E-state index in [4.69, 9.17) is 21.7 Å². The number of urea groups is 1. The molecule has 2 amide bonds. The summed E-state index contributed by atoms with van der Waals surface area (Å²) >= 11 is 5.18. The smallest absolute Gasteiger partial charge is 0.329 e. The fourth-order valence-electron chi connectivity index (χ4n) is 2.43. The van der Waals surface area contributed by atoms with Gasteiger partial charge in [0.25, 0.3) is 0 Å². The van der Waals surface area contributed by atoms with Crippen molar-refractivity contribution in [2.75, 3.05) is 7.11 Å². The van der Waals surface area contributed by atoms with E-state index in [2.05, 4.69) is 10.6 Å². The minimum Gasteiger partial charge on any atom is -0.497 e. The van der Waals surface area contributed by atoms with Gasteiger partial charge < -0.3 is 20.1 Å². The summed E-state index contributed by atoms with van der Waals surface area (Å²) in [4.78, 5) is 24.3. The number of carbonyl (C=O) groups excluding carboxylic acids is 2. The van der Waals surface area contributed by atoms with Gasteiger partial charge in [-0.3, -0.25) is 0 Å². The number of nitrogens with one attached hydrogen (secondary N) is 2. The van der Waals surface area contributed by atoms with Crippen LogP contribution in [0, 0.1) is 5.92 Å². The minimum absolute atomic E-state index is 0.133. The van der Waals surface area contributed by atoms with E-state index < -0.39 is 18.0 Å². The van der Waals surface area contributed by atoms with Gasteiger partial charge in [-0.2, -0.15) is 0 Å². The van der Waals surface area contributed by atoms with Gasteiger partial charge in [0.15, 0.2) is 0 Å². The molecule has 1 saturated heterocycles. The van der Waals surface area contributed by atoms with Gasteiger partial charge in [0, 0.05) is 5.92 Å². The highest BCUT2D eigenvalue weighted by molar-refractivity contribution is 7.80. The third-order valence-electron chi connectivity index (χ3n) is 3.66. The van der Waals surface area contributed by atoms with Crippen molar-refractivity contribution in [3.05, 3.63) is 29.8 Å². The predicted octanol–water partition coefficient (Wildman–Crippen LogP) is 2.16. The molecule has 124 valence electrons. The molecule has 0 saturated carbocycles. The summed E-state index contributed by atoms with van der Waals surface area (Å²) in [6.07, 6.45) is 1.55. The van der Waals surface area contributed by atoms with Crippen LogP contribution in [0.4, 0.5) is 4.79 Å². The Balaban J connectivity index is 1.99. The van der Waals surface area contributed by atoms with Crippen molar-refractivity contribution < 1.29 is 19.1 Å². The molecule has 1 aromatic carbocycles. The Morgan fingerprint density at radius 2 is 2.00 bits per heavy atom. The molecule has 1 aliphatic heterocycles. The summed E-state index contributed by atoms with van der Waals surface area (Å²) in [5.41, 5.74) is 0.842. The Labute approximate surface area is 140 Å². The van der Waals surface area contributed by atoms with Gasteiger partial charge in [0.2, 0.25) is 0 Å². The first-order valence-electron chi connectivity index (χ1n) is 7.46. The average molecular weight is 336 g/mol. The van der Waals surface area contributed by atoms with E-state index in [0.29, 0.717) is 11.4 Å². The summed E-state index contributed by atoms with van der Waals surface area (Å²) in [6, 6.07) is 6.03. The molecule has 0 aromatic heterocycles. The number of hydrogen-bond acceptors (Lipinski definition) is 5. The lowest BCUT2D eigenvalue weighted by atomic mass is 9.93. The Bertz CT molecular complexity index is 588. The molecule has 1 fully saturated rings. The maximum atomic E-state index is 12.3. The van der Waals surface area contributed by atoms with Gasteiger partial charge in [-0.25, -0.2) is 9.59 Å². The lowest BCUT2D eigenvalue weighted by Gasteiger charge is -2.31. The van der Waals surface area contributed by atoms with Crippen molar-refractivity contribution in [1.29, 1.82) is 0 Å². The lowest BCUT2D eigenvalue weighted by molar-refractivity contribution is -0.148. The van der Waals surface area contributed by atoms with Crippen LogP contribution < -0.4 is 15.4 Å². The molecule has 0 aliphatic carbocycles. The maximum Gasteiger partial charge on any atom is 0.329 e. The van der Waals surface area contributed by atoms with Gasteiger partial charge in [-0.15, -0.1) is 0 Å². The quantitative estimate of drug-likeness (QED) is 0.615. The van der Waals surface area contributed by atoms with E-state index in [1.807, 2.05) is 19.1 Å². The van der Waals surface area contributed by atoms with Crippen molar-refractivity contribution in [1.82, 2.24) is 10.6 Å². The predicted molar refractivity (Wildman–Crippen MR) is 89.2 cm³/mol. The van der Waals surface area contributed by atoms with Crippen LogP contribution >= 0.6 is 12.2 Å². The Hall–Kier alpha value is -2.15. The molecule has 2 rings (SSSR count). The molecule has 23 heavy (non-hydrogen) atoms. The number of benzene rings is 1. The van der Waals surface area contributed by atoms with Crippen LogP contribution in [0.3, 0.4) is 0 Å². The largest absolute Gasteiger partial charge is 0.497 e. The summed E-state index contributed by atoms with van der Waals surface area (Å²) in [6.45, 7) is 2.13. The lowest BCUT2D eigenvalue weighted by Crippen LogP contribution is -2.60. The highest BCUT2D eigenvalue weighted by Crippen LogP contribution is 2.19. The highest BCUT2D eigenvalue weighted by Gasteiger charge is 2.37. The van der Waals surface area contributed by atoms with E-state index in [-0.39, 0.29) is 12.5 Å². The molecule has 2 N–H and O–H groups in total. The van der Waals surface area contributed by atoms with Crippen LogP contribution in [-0.2, 0) is 16.1 Å². The second kappa shape index (κ2) is 7.92. The van der Waals surface area contributed by atoms with Gasteiger partial charge in [-0.1, -0.05) is 37.7 Å². The topological polar surface area (TPSA) is 76.7 Å². The van der Waals surface area contributed by atoms with Crippen LogP contribution in [0.2, 0.25) is 0 Å². The first-order chi connectivity index (χ1) is 11.0. The standard InChI is InChI=1S/C16H20N2O4S/c1-3-4-12-13(17-16(20)18-14(12)23)15(19)22-9-10-5-7-11(21-2)8-6-10/h5-8,12-13H,3-4,9H2,1-2H3,(H2,17,18,20,23)/t12-,13+/m1/s1. The Kier molecular flexibility index (Phi) is 5.92. The number of esters is 1. The third-order valence-corrected chi connectivity index (χ3v) is 4.06. The van der Waals surface area contributed by atoms with Crippen LogP contribution in [0.5, 0.6) is 5.75 Å². The van der Waals surface area contributed by atoms with Crippen LogP contribution in [0.25, 0.3) is 0 Å². The molecule has 1 heterocycles. The first kappa shape index (κ1) is 17.2. The summed E-state index contributed by atoms with van der Waals surface area (Å²) < 4.78 is 10.4. The van der Waals surface area contributed by atoms with Crippen molar-refractivity contribution >= 4 is 29.2 Å². The van der Waals surface area contributed by atoms with Crippen molar-refractivity contribution in [3.63, 3.8) is 0 Å². The van der Waals surface area contributed by atoms with E-state index in [1.54, 1.807) is 19.2 Å². The molecule has 7 heteroatoms. The average Bonchev–Trinajstić information content (AvgIpc) is 2.55. The molecule has 2 atom stereocenters. The Morgan fingerprint density at radius 3 is 2.61 bits per heavy atom.